The molecule has 0 bridgehead atoms. The highest BCUT2D eigenvalue weighted by Gasteiger charge is 2.13. The number of aromatic nitrogens is 2. The average molecular weight is 296 g/mol. The predicted octanol–water partition coefficient (Wildman–Crippen LogP) is 3.19. The topological polar surface area (TPSA) is 57.3 Å². The molecule has 3 rings (SSSR count). The van der Waals surface area contributed by atoms with Crippen LogP contribution in [0.5, 0.6) is 0 Å². The Hall–Kier alpha value is -2.82. The van der Waals surface area contributed by atoms with E-state index in [9.17, 15) is 4.79 Å². The van der Waals surface area contributed by atoms with Crippen LogP contribution in [-0.2, 0) is 17.9 Å². The third kappa shape index (κ3) is 3.25. The Kier molecular flexibility index (Phi) is 4.05. The average Bonchev–Trinajstić information content (AvgIpc) is 3.18. The molecule has 0 unspecified atom stereocenters. The first kappa shape index (κ1) is 14.1. The van der Waals surface area contributed by atoms with Gasteiger partial charge in [0.2, 0.25) is 5.76 Å². The van der Waals surface area contributed by atoms with Gasteiger partial charge in [-0.3, -0.25) is 4.68 Å². The highest BCUT2D eigenvalue weighted by atomic mass is 16.5. The lowest BCUT2D eigenvalue weighted by Crippen LogP contribution is -2.05. The van der Waals surface area contributed by atoms with Crippen LogP contribution in [0.1, 0.15) is 27.4 Å². The summed E-state index contributed by atoms with van der Waals surface area (Å²) in [6.07, 6.45) is 3.53. The minimum atomic E-state index is -0.463. The molecule has 3 aromatic rings. The van der Waals surface area contributed by atoms with E-state index in [2.05, 4.69) is 5.10 Å². The summed E-state index contributed by atoms with van der Waals surface area (Å²) in [5, 5.41) is 4.09. The summed E-state index contributed by atoms with van der Waals surface area (Å²) >= 11 is 0. The number of carbonyl (C=O) groups is 1. The molecule has 22 heavy (non-hydrogen) atoms. The van der Waals surface area contributed by atoms with Gasteiger partial charge in [0.05, 0.1) is 6.54 Å². The summed E-state index contributed by atoms with van der Waals surface area (Å²) in [4.78, 5) is 12.0. The van der Waals surface area contributed by atoms with Crippen molar-refractivity contribution in [3.05, 3.63) is 77.5 Å². The summed E-state index contributed by atoms with van der Waals surface area (Å²) < 4.78 is 12.5. The highest BCUT2D eigenvalue weighted by molar-refractivity contribution is 5.86. The van der Waals surface area contributed by atoms with Crippen LogP contribution in [0.2, 0.25) is 0 Å². The Bertz CT molecular complexity index is 760. The van der Waals surface area contributed by atoms with Gasteiger partial charge in [0.25, 0.3) is 0 Å². The molecule has 2 heterocycles. The molecule has 0 radical (unpaired) electrons. The van der Waals surface area contributed by atoms with E-state index >= 15 is 0 Å². The second-order valence-electron chi connectivity index (χ2n) is 4.97. The number of hydrogen-bond acceptors (Lipinski definition) is 4. The lowest BCUT2D eigenvalue weighted by atomic mass is 10.1. The molecule has 5 nitrogen and oxygen atoms in total. The summed E-state index contributed by atoms with van der Waals surface area (Å²) in [7, 11) is 0. The number of ether oxygens (including phenoxy) is 1. The molecule has 0 fully saturated rings. The van der Waals surface area contributed by atoms with Crippen molar-refractivity contribution in [3.63, 3.8) is 0 Å². The van der Waals surface area contributed by atoms with Crippen LogP contribution in [0.3, 0.4) is 0 Å². The van der Waals surface area contributed by atoms with Crippen LogP contribution in [0.25, 0.3) is 0 Å². The van der Waals surface area contributed by atoms with Crippen LogP contribution in [0, 0.1) is 6.92 Å². The number of rotatable bonds is 5. The maximum absolute atomic E-state index is 12.0. The molecule has 0 aliphatic rings. The van der Waals surface area contributed by atoms with Crippen molar-refractivity contribution in [3.8, 4) is 0 Å². The molecular weight excluding hydrogens is 280 g/mol. The normalized spacial score (nSPS) is 10.6. The van der Waals surface area contributed by atoms with Crippen molar-refractivity contribution < 1.29 is 13.9 Å². The molecule has 0 saturated carbocycles. The summed E-state index contributed by atoms with van der Waals surface area (Å²) in [5.41, 5.74) is 2.08. The Morgan fingerprint density at radius 1 is 1.23 bits per heavy atom. The number of carbonyl (C=O) groups excluding carboxylic acids is 1. The van der Waals surface area contributed by atoms with Gasteiger partial charge in [-0.1, -0.05) is 24.3 Å². The molecule has 0 N–H and O–H groups in total. The number of benzene rings is 1. The third-order valence-corrected chi connectivity index (χ3v) is 3.36. The number of furan rings is 1. The monoisotopic (exact) mass is 296 g/mol. The fourth-order valence-corrected chi connectivity index (χ4v) is 2.11. The fourth-order valence-electron chi connectivity index (χ4n) is 2.11. The maximum atomic E-state index is 12.0. The Morgan fingerprint density at radius 3 is 2.86 bits per heavy atom. The second-order valence-corrected chi connectivity index (χ2v) is 4.97. The van der Waals surface area contributed by atoms with Gasteiger partial charge >= 0.3 is 5.97 Å². The van der Waals surface area contributed by atoms with E-state index in [1.807, 2.05) is 43.5 Å². The first-order chi connectivity index (χ1) is 10.7. The summed E-state index contributed by atoms with van der Waals surface area (Å²) in [5.74, 6) is 0.400. The minimum absolute atomic E-state index is 0.204. The molecule has 0 aliphatic heterocycles. The van der Waals surface area contributed by atoms with Crippen molar-refractivity contribution in [2.45, 2.75) is 20.1 Å². The Balaban J connectivity index is 1.61. The lowest BCUT2D eigenvalue weighted by molar-refractivity contribution is 0.0433. The van der Waals surface area contributed by atoms with E-state index in [-0.39, 0.29) is 12.4 Å². The van der Waals surface area contributed by atoms with Crippen molar-refractivity contribution in [1.29, 1.82) is 0 Å². The number of esters is 1. The van der Waals surface area contributed by atoms with Gasteiger partial charge < -0.3 is 9.15 Å². The molecule has 0 spiro atoms. The van der Waals surface area contributed by atoms with Crippen LogP contribution in [0.4, 0.5) is 0 Å². The molecule has 0 saturated heterocycles. The van der Waals surface area contributed by atoms with Gasteiger partial charge in [0.1, 0.15) is 12.4 Å². The zero-order valence-corrected chi connectivity index (χ0v) is 12.2. The van der Waals surface area contributed by atoms with E-state index in [1.54, 1.807) is 23.0 Å². The Morgan fingerprint density at radius 2 is 2.09 bits per heavy atom. The maximum Gasteiger partial charge on any atom is 0.374 e. The molecule has 2 aromatic heterocycles. The number of hydrogen-bond donors (Lipinski definition) is 0. The number of aryl methyl sites for hydroxylation is 1. The predicted molar refractivity (Wildman–Crippen MR) is 80.3 cm³/mol. The molecular formula is C17H16N2O3. The van der Waals surface area contributed by atoms with E-state index in [4.69, 9.17) is 9.15 Å². The van der Waals surface area contributed by atoms with Crippen LogP contribution >= 0.6 is 0 Å². The van der Waals surface area contributed by atoms with Crippen molar-refractivity contribution >= 4 is 5.97 Å². The minimum Gasteiger partial charge on any atom is -0.455 e. The highest BCUT2D eigenvalue weighted by Crippen LogP contribution is 2.13. The van der Waals surface area contributed by atoms with Crippen molar-refractivity contribution in [2.24, 2.45) is 0 Å². The van der Waals surface area contributed by atoms with E-state index in [0.29, 0.717) is 12.3 Å². The van der Waals surface area contributed by atoms with Gasteiger partial charge in [0.15, 0.2) is 0 Å². The standard InChI is InChI=1S/C17H16N2O3/c1-13-5-2-3-6-14(13)12-21-17(20)16-8-7-15(22-16)11-19-10-4-9-18-19/h2-10H,11-12H2,1H3. The van der Waals surface area contributed by atoms with Crippen LogP contribution < -0.4 is 0 Å². The van der Waals surface area contributed by atoms with Crippen LogP contribution in [0.15, 0.2) is 59.3 Å². The van der Waals surface area contributed by atoms with Crippen LogP contribution in [-0.4, -0.2) is 15.7 Å². The van der Waals surface area contributed by atoms with Gasteiger partial charge in [-0.2, -0.15) is 5.10 Å². The fraction of sp³-hybridized carbons (Fsp3) is 0.176. The summed E-state index contributed by atoms with van der Waals surface area (Å²) in [6.45, 7) is 2.71. The smallest absolute Gasteiger partial charge is 0.374 e. The van der Waals surface area contributed by atoms with Gasteiger partial charge in [-0.05, 0) is 36.2 Å². The molecule has 0 atom stereocenters. The molecule has 1 aromatic carbocycles. The van der Waals surface area contributed by atoms with Gasteiger partial charge in [0, 0.05) is 12.4 Å². The van der Waals surface area contributed by atoms with E-state index in [0.717, 1.165) is 11.1 Å². The third-order valence-electron chi connectivity index (χ3n) is 3.36. The molecule has 0 amide bonds. The SMILES string of the molecule is Cc1ccccc1COC(=O)c1ccc(Cn2cccn2)o1. The molecule has 112 valence electrons. The zero-order chi connectivity index (χ0) is 15.4. The number of nitrogens with zero attached hydrogens (tertiary/aromatic N) is 2. The zero-order valence-electron chi connectivity index (χ0n) is 12.2. The van der Waals surface area contributed by atoms with Crippen molar-refractivity contribution in [2.75, 3.05) is 0 Å². The van der Waals surface area contributed by atoms with Crippen molar-refractivity contribution in [1.82, 2.24) is 9.78 Å². The Labute approximate surface area is 128 Å². The quantitative estimate of drug-likeness (QED) is 0.678. The van der Waals surface area contributed by atoms with Gasteiger partial charge in [-0.25, -0.2) is 4.79 Å². The van der Waals surface area contributed by atoms with E-state index in [1.165, 1.54) is 0 Å². The molecule has 5 heteroatoms. The molecule has 0 aliphatic carbocycles. The largest absolute Gasteiger partial charge is 0.455 e. The second kappa shape index (κ2) is 6.30. The lowest BCUT2D eigenvalue weighted by Gasteiger charge is -2.06. The first-order valence-corrected chi connectivity index (χ1v) is 7.00. The first-order valence-electron chi connectivity index (χ1n) is 7.00. The van der Waals surface area contributed by atoms with Gasteiger partial charge in [-0.15, -0.1) is 0 Å². The van der Waals surface area contributed by atoms with E-state index < -0.39 is 5.97 Å². The summed E-state index contributed by atoms with van der Waals surface area (Å²) in [6, 6.07) is 13.0.